The number of hydrogen-bond donors (Lipinski definition) is 1. The average Bonchev–Trinajstić information content (AvgIpc) is 3.18. The van der Waals surface area contributed by atoms with E-state index in [9.17, 15) is 9.59 Å². The Morgan fingerprint density at radius 3 is 2.41 bits per heavy atom. The van der Waals surface area contributed by atoms with Crippen LogP contribution in [0.4, 0.5) is 0 Å². The van der Waals surface area contributed by atoms with Gasteiger partial charge in [-0.15, -0.1) is 0 Å². The zero-order valence-electron chi connectivity index (χ0n) is 17.1. The fourth-order valence-electron chi connectivity index (χ4n) is 4.23. The van der Waals surface area contributed by atoms with Crippen LogP contribution in [0.1, 0.15) is 52.9 Å². The van der Waals surface area contributed by atoms with Crippen LogP contribution < -0.4 is 5.32 Å². The molecule has 2 fully saturated rings. The SMILES string of the molecule is CCc1ccc(C2CNCCN2C(=O)c2ccc(CN3CCCC3=O)cc2)cc1. The number of carbonyl (C=O) groups excluding carboxylic acids is 2. The molecule has 0 aromatic heterocycles. The van der Waals surface area contributed by atoms with Gasteiger partial charge in [0, 0.05) is 44.7 Å². The summed E-state index contributed by atoms with van der Waals surface area (Å²) in [6.45, 7) is 5.89. The minimum Gasteiger partial charge on any atom is -0.338 e. The third kappa shape index (κ3) is 4.35. The number of amides is 2. The fourth-order valence-corrected chi connectivity index (χ4v) is 4.23. The first-order valence-electron chi connectivity index (χ1n) is 10.6. The summed E-state index contributed by atoms with van der Waals surface area (Å²) in [4.78, 5) is 29.0. The Labute approximate surface area is 172 Å². The lowest BCUT2D eigenvalue weighted by Crippen LogP contribution is -2.48. The van der Waals surface area contributed by atoms with Crippen molar-refractivity contribution in [2.45, 2.75) is 38.8 Å². The number of aryl methyl sites for hydroxylation is 1. The Morgan fingerprint density at radius 2 is 1.76 bits per heavy atom. The second kappa shape index (κ2) is 8.78. The van der Waals surface area contributed by atoms with Crippen molar-refractivity contribution in [2.75, 3.05) is 26.2 Å². The molecule has 1 unspecified atom stereocenters. The van der Waals surface area contributed by atoms with Gasteiger partial charge in [-0.25, -0.2) is 0 Å². The van der Waals surface area contributed by atoms with Gasteiger partial charge >= 0.3 is 0 Å². The number of piperazine rings is 1. The Hall–Kier alpha value is -2.66. The van der Waals surface area contributed by atoms with Gasteiger partial charge in [0.2, 0.25) is 5.91 Å². The second-order valence-corrected chi connectivity index (χ2v) is 7.93. The zero-order valence-corrected chi connectivity index (χ0v) is 17.1. The molecule has 0 bridgehead atoms. The van der Waals surface area contributed by atoms with Gasteiger partial charge in [-0.05, 0) is 41.7 Å². The molecule has 1 atom stereocenters. The maximum Gasteiger partial charge on any atom is 0.254 e. The number of nitrogens with one attached hydrogen (secondary N) is 1. The molecule has 2 aromatic carbocycles. The van der Waals surface area contributed by atoms with Gasteiger partial charge in [0.05, 0.1) is 6.04 Å². The minimum atomic E-state index is 0.0454. The highest BCUT2D eigenvalue weighted by Crippen LogP contribution is 2.25. The summed E-state index contributed by atoms with van der Waals surface area (Å²) in [7, 11) is 0. The summed E-state index contributed by atoms with van der Waals surface area (Å²) >= 11 is 0. The van der Waals surface area contributed by atoms with Crippen molar-refractivity contribution in [3.05, 3.63) is 70.8 Å². The average molecular weight is 392 g/mol. The topological polar surface area (TPSA) is 52.7 Å². The minimum absolute atomic E-state index is 0.0454. The van der Waals surface area contributed by atoms with E-state index in [1.54, 1.807) is 0 Å². The second-order valence-electron chi connectivity index (χ2n) is 7.93. The molecule has 2 heterocycles. The zero-order chi connectivity index (χ0) is 20.2. The van der Waals surface area contributed by atoms with Gasteiger partial charge in [0.1, 0.15) is 0 Å². The summed E-state index contributed by atoms with van der Waals surface area (Å²) in [6, 6.07) is 16.4. The van der Waals surface area contributed by atoms with Crippen molar-refractivity contribution in [1.29, 1.82) is 0 Å². The first-order valence-corrected chi connectivity index (χ1v) is 10.6. The number of hydrogen-bond acceptors (Lipinski definition) is 3. The summed E-state index contributed by atoms with van der Waals surface area (Å²) in [5.74, 6) is 0.294. The van der Waals surface area contributed by atoms with Gasteiger partial charge in [0.15, 0.2) is 0 Å². The number of rotatable bonds is 5. The standard InChI is InChI=1S/C24H29N3O2/c1-2-18-5-9-20(10-6-18)22-16-25-13-15-27(22)24(29)21-11-7-19(8-12-21)17-26-14-3-4-23(26)28/h5-12,22,25H,2-4,13-17H2,1H3. The molecule has 2 aliphatic heterocycles. The Kier molecular flexibility index (Phi) is 5.95. The highest BCUT2D eigenvalue weighted by atomic mass is 16.2. The molecule has 5 heteroatoms. The Bertz CT molecular complexity index is 861. The molecule has 152 valence electrons. The molecule has 2 saturated heterocycles. The van der Waals surface area contributed by atoms with Crippen molar-refractivity contribution < 1.29 is 9.59 Å². The van der Waals surface area contributed by atoms with E-state index in [4.69, 9.17) is 0 Å². The third-order valence-corrected chi connectivity index (χ3v) is 6.02. The van der Waals surface area contributed by atoms with Crippen LogP contribution in [-0.2, 0) is 17.8 Å². The van der Waals surface area contributed by atoms with E-state index in [0.717, 1.165) is 38.0 Å². The van der Waals surface area contributed by atoms with E-state index in [-0.39, 0.29) is 17.9 Å². The molecule has 0 aliphatic carbocycles. The molecule has 2 amide bonds. The molecule has 5 nitrogen and oxygen atoms in total. The quantitative estimate of drug-likeness (QED) is 0.852. The molecule has 4 rings (SSSR count). The number of benzene rings is 2. The molecule has 0 saturated carbocycles. The molecular weight excluding hydrogens is 362 g/mol. The lowest BCUT2D eigenvalue weighted by molar-refractivity contribution is -0.128. The highest BCUT2D eigenvalue weighted by molar-refractivity contribution is 5.94. The molecule has 2 aromatic rings. The predicted molar refractivity (Wildman–Crippen MR) is 114 cm³/mol. The van der Waals surface area contributed by atoms with Crippen molar-refractivity contribution in [3.63, 3.8) is 0 Å². The van der Waals surface area contributed by atoms with E-state index < -0.39 is 0 Å². The lowest BCUT2D eigenvalue weighted by atomic mass is 9.99. The van der Waals surface area contributed by atoms with Crippen LogP contribution >= 0.6 is 0 Å². The first kappa shape index (κ1) is 19.6. The summed E-state index contributed by atoms with van der Waals surface area (Å²) in [5, 5.41) is 3.42. The highest BCUT2D eigenvalue weighted by Gasteiger charge is 2.28. The van der Waals surface area contributed by atoms with Gasteiger partial charge in [-0.1, -0.05) is 43.3 Å². The number of carbonyl (C=O) groups is 2. The van der Waals surface area contributed by atoms with Crippen molar-refractivity contribution in [2.24, 2.45) is 0 Å². The summed E-state index contributed by atoms with van der Waals surface area (Å²) < 4.78 is 0. The van der Waals surface area contributed by atoms with Gasteiger partial charge in [-0.2, -0.15) is 0 Å². The number of likely N-dealkylation sites (tertiary alicyclic amines) is 1. The Balaban J connectivity index is 1.48. The van der Waals surface area contributed by atoms with Crippen LogP contribution in [0, 0.1) is 0 Å². The summed E-state index contributed by atoms with van der Waals surface area (Å²) in [5.41, 5.74) is 4.26. The molecular formula is C24H29N3O2. The van der Waals surface area contributed by atoms with Crippen LogP contribution in [0.15, 0.2) is 48.5 Å². The first-order chi connectivity index (χ1) is 14.2. The van der Waals surface area contributed by atoms with Crippen LogP contribution in [0.5, 0.6) is 0 Å². The van der Waals surface area contributed by atoms with E-state index in [0.29, 0.717) is 25.1 Å². The smallest absolute Gasteiger partial charge is 0.254 e. The van der Waals surface area contributed by atoms with Crippen LogP contribution in [-0.4, -0.2) is 47.8 Å². The van der Waals surface area contributed by atoms with E-state index in [2.05, 4.69) is 36.5 Å². The van der Waals surface area contributed by atoms with Crippen molar-refractivity contribution in [1.82, 2.24) is 15.1 Å². The largest absolute Gasteiger partial charge is 0.338 e. The van der Waals surface area contributed by atoms with E-state index in [1.807, 2.05) is 34.1 Å². The van der Waals surface area contributed by atoms with Gasteiger partial charge < -0.3 is 15.1 Å². The number of nitrogens with zero attached hydrogens (tertiary/aromatic N) is 2. The van der Waals surface area contributed by atoms with Crippen LogP contribution in [0.25, 0.3) is 0 Å². The molecule has 0 spiro atoms. The van der Waals surface area contributed by atoms with Crippen molar-refractivity contribution >= 4 is 11.8 Å². The monoisotopic (exact) mass is 391 g/mol. The van der Waals surface area contributed by atoms with E-state index >= 15 is 0 Å². The predicted octanol–water partition coefficient (Wildman–Crippen LogP) is 3.16. The van der Waals surface area contributed by atoms with Crippen LogP contribution in [0.2, 0.25) is 0 Å². The van der Waals surface area contributed by atoms with Crippen molar-refractivity contribution in [3.8, 4) is 0 Å². The maximum atomic E-state index is 13.2. The fraction of sp³-hybridized carbons (Fsp3) is 0.417. The van der Waals surface area contributed by atoms with Gasteiger partial charge in [-0.3, -0.25) is 9.59 Å². The van der Waals surface area contributed by atoms with E-state index in [1.165, 1.54) is 11.1 Å². The molecule has 0 radical (unpaired) electrons. The molecule has 2 aliphatic rings. The maximum absolute atomic E-state index is 13.2. The lowest BCUT2D eigenvalue weighted by Gasteiger charge is -2.36. The van der Waals surface area contributed by atoms with Gasteiger partial charge in [0.25, 0.3) is 5.91 Å². The Morgan fingerprint density at radius 1 is 1.03 bits per heavy atom. The normalized spacial score (nSPS) is 19.6. The molecule has 1 N–H and O–H groups in total. The third-order valence-electron chi connectivity index (χ3n) is 6.02. The van der Waals surface area contributed by atoms with Crippen LogP contribution in [0.3, 0.4) is 0 Å². The summed E-state index contributed by atoms with van der Waals surface area (Å²) in [6.07, 6.45) is 2.61. The molecule has 29 heavy (non-hydrogen) atoms.